The summed E-state index contributed by atoms with van der Waals surface area (Å²) >= 11 is 5.87. The Morgan fingerprint density at radius 1 is 1.00 bits per heavy atom. The molecule has 0 saturated carbocycles. The number of anilines is 2. The summed E-state index contributed by atoms with van der Waals surface area (Å²) in [5.41, 5.74) is 3.58. The summed E-state index contributed by atoms with van der Waals surface area (Å²) < 4.78 is 0. The molecule has 3 rings (SSSR count). The maximum atomic E-state index is 12.3. The minimum atomic E-state index is -0.226. The first-order chi connectivity index (χ1) is 13.1. The Morgan fingerprint density at radius 3 is 2.41 bits per heavy atom. The Balaban J connectivity index is 1.56. The van der Waals surface area contributed by atoms with Gasteiger partial charge in [-0.05, 0) is 54.3 Å². The molecule has 0 spiro atoms. The number of aromatic nitrogens is 2. The molecular formula is C21H21ClN4O. The van der Waals surface area contributed by atoms with Crippen LogP contribution < -0.4 is 10.6 Å². The third-order valence-electron chi connectivity index (χ3n) is 4.12. The first kappa shape index (κ1) is 18.9. The fraction of sp³-hybridized carbons (Fsp3) is 0.190. The molecule has 1 heterocycles. The number of rotatable bonds is 7. The number of carbonyl (C=O) groups is 1. The Kier molecular flexibility index (Phi) is 6.39. The summed E-state index contributed by atoms with van der Waals surface area (Å²) in [5.74, 6) is 0.167. The van der Waals surface area contributed by atoms with Crippen molar-refractivity contribution in [1.82, 2.24) is 15.3 Å². The molecule has 138 valence electrons. The molecule has 2 aromatic carbocycles. The fourth-order valence-corrected chi connectivity index (χ4v) is 2.69. The Morgan fingerprint density at radius 2 is 1.70 bits per heavy atom. The zero-order chi connectivity index (χ0) is 19.1. The Labute approximate surface area is 163 Å². The van der Waals surface area contributed by atoms with Gasteiger partial charge in [0.2, 0.25) is 5.95 Å². The van der Waals surface area contributed by atoms with E-state index in [1.807, 2.05) is 36.4 Å². The molecule has 0 fully saturated rings. The van der Waals surface area contributed by atoms with Crippen LogP contribution in [0, 0.1) is 0 Å². The molecule has 0 unspecified atom stereocenters. The van der Waals surface area contributed by atoms with Crippen molar-refractivity contribution in [3.8, 4) is 0 Å². The van der Waals surface area contributed by atoms with Gasteiger partial charge in [0.05, 0.1) is 0 Å². The largest absolute Gasteiger partial charge is 0.350 e. The first-order valence-corrected chi connectivity index (χ1v) is 9.23. The number of amides is 1. The van der Waals surface area contributed by atoms with Crippen molar-refractivity contribution in [3.05, 3.63) is 82.6 Å². The summed E-state index contributed by atoms with van der Waals surface area (Å²) in [4.78, 5) is 20.8. The maximum Gasteiger partial charge on any atom is 0.270 e. The second-order valence-corrected chi connectivity index (χ2v) is 6.51. The Bertz CT molecular complexity index is 895. The van der Waals surface area contributed by atoms with Crippen LogP contribution in [0.25, 0.3) is 0 Å². The molecule has 0 bridgehead atoms. The average Bonchev–Trinajstić information content (AvgIpc) is 2.70. The van der Waals surface area contributed by atoms with Crippen LogP contribution in [0.2, 0.25) is 5.02 Å². The maximum absolute atomic E-state index is 12.3. The van der Waals surface area contributed by atoms with E-state index in [1.54, 1.807) is 12.3 Å². The molecule has 0 radical (unpaired) electrons. The zero-order valence-corrected chi connectivity index (χ0v) is 15.8. The Hall–Kier alpha value is -2.92. The summed E-state index contributed by atoms with van der Waals surface area (Å²) in [6.07, 6.45) is 3.29. The normalized spacial score (nSPS) is 10.4. The molecule has 27 heavy (non-hydrogen) atoms. The van der Waals surface area contributed by atoms with Crippen molar-refractivity contribution >= 4 is 29.1 Å². The number of aryl methyl sites for hydroxylation is 1. The third-order valence-corrected chi connectivity index (χ3v) is 4.37. The van der Waals surface area contributed by atoms with E-state index in [2.05, 4.69) is 39.7 Å². The van der Waals surface area contributed by atoms with Crippen LogP contribution in [-0.4, -0.2) is 22.4 Å². The van der Waals surface area contributed by atoms with Gasteiger partial charge in [-0.1, -0.05) is 42.8 Å². The van der Waals surface area contributed by atoms with Crippen LogP contribution in [-0.2, 0) is 12.8 Å². The quantitative estimate of drug-likeness (QED) is 0.637. The second-order valence-electron chi connectivity index (χ2n) is 6.07. The van der Waals surface area contributed by atoms with Gasteiger partial charge in [0, 0.05) is 23.5 Å². The van der Waals surface area contributed by atoms with Crippen molar-refractivity contribution in [2.45, 2.75) is 19.8 Å². The summed E-state index contributed by atoms with van der Waals surface area (Å²) in [6, 6.07) is 17.2. The molecule has 0 atom stereocenters. The van der Waals surface area contributed by atoms with Gasteiger partial charge in [-0.3, -0.25) is 4.79 Å². The van der Waals surface area contributed by atoms with Gasteiger partial charge < -0.3 is 10.6 Å². The molecule has 1 aromatic heterocycles. The molecule has 2 N–H and O–H groups in total. The van der Waals surface area contributed by atoms with Crippen molar-refractivity contribution < 1.29 is 4.79 Å². The summed E-state index contributed by atoms with van der Waals surface area (Å²) in [5, 5.41) is 6.70. The highest BCUT2D eigenvalue weighted by atomic mass is 35.5. The van der Waals surface area contributed by atoms with Crippen LogP contribution in [0.4, 0.5) is 11.6 Å². The van der Waals surface area contributed by atoms with Crippen LogP contribution in [0.3, 0.4) is 0 Å². The number of hydrogen-bond acceptors (Lipinski definition) is 4. The lowest BCUT2D eigenvalue weighted by molar-refractivity contribution is 0.0949. The number of nitrogens with one attached hydrogen (secondary N) is 2. The van der Waals surface area contributed by atoms with E-state index < -0.39 is 0 Å². The van der Waals surface area contributed by atoms with Gasteiger partial charge in [-0.25, -0.2) is 9.97 Å². The average molecular weight is 381 g/mol. The zero-order valence-electron chi connectivity index (χ0n) is 15.1. The van der Waals surface area contributed by atoms with Gasteiger partial charge in [0.25, 0.3) is 5.91 Å². The van der Waals surface area contributed by atoms with E-state index in [9.17, 15) is 4.79 Å². The minimum absolute atomic E-state index is 0.226. The summed E-state index contributed by atoms with van der Waals surface area (Å²) in [7, 11) is 0. The van der Waals surface area contributed by atoms with E-state index >= 15 is 0 Å². The number of halogens is 1. The SMILES string of the molecule is CCc1ccc(Nc2nccc(C(=O)NCCc3ccc(Cl)cc3)n2)cc1. The van der Waals surface area contributed by atoms with Crippen LogP contribution in [0.15, 0.2) is 60.8 Å². The number of carbonyl (C=O) groups excluding carboxylic acids is 1. The van der Waals surface area contributed by atoms with Crippen molar-refractivity contribution in [2.24, 2.45) is 0 Å². The molecular weight excluding hydrogens is 360 g/mol. The number of nitrogens with zero attached hydrogens (tertiary/aromatic N) is 2. The third kappa shape index (κ3) is 5.53. The van der Waals surface area contributed by atoms with E-state index in [1.165, 1.54) is 5.56 Å². The van der Waals surface area contributed by atoms with E-state index in [-0.39, 0.29) is 5.91 Å². The molecule has 0 aliphatic heterocycles. The molecule has 5 nitrogen and oxygen atoms in total. The summed E-state index contributed by atoms with van der Waals surface area (Å²) in [6.45, 7) is 2.63. The molecule has 1 amide bonds. The molecule has 0 aliphatic rings. The predicted molar refractivity (Wildman–Crippen MR) is 109 cm³/mol. The second kappa shape index (κ2) is 9.14. The molecule has 3 aromatic rings. The van der Waals surface area contributed by atoms with Gasteiger partial charge in [-0.15, -0.1) is 0 Å². The molecule has 0 aliphatic carbocycles. The van der Waals surface area contributed by atoms with Gasteiger partial charge in [0.15, 0.2) is 0 Å². The van der Waals surface area contributed by atoms with Gasteiger partial charge in [0.1, 0.15) is 5.69 Å². The van der Waals surface area contributed by atoms with E-state index in [0.717, 1.165) is 24.1 Å². The van der Waals surface area contributed by atoms with E-state index in [0.29, 0.717) is 23.2 Å². The van der Waals surface area contributed by atoms with E-state index in [4.69, 9.17) is 11.6 Å². The first-order valence-electron chi connectivity index (χ1n) is 8.85. The lowest BCUT2D eigenvalue weighted by Crippen LogP contribution is -2.26. The van der Waals surface area contributed by atoms with Crippen molar-refractivity contribution in [2.75, 3.05) is 11.9 Å². The van der Waals surface area contributed by atoms with Gasteiger partial charge >= 0.3 is 0 Å². The number of hydrogen-bond donors (Lipinski definition) is 2. The number of benzene rings is 2. The van der Waals surface area contributed by atoms with Crippen LogP contribution in [0.1, 0.15) is 28.5 Å². The van der Waals surface area contributed by atoms with Crippen molar-refractivity contribution in [1.29, 1.82) is 0 Å². The highest BCUT2D eigenvalue weighted by molar-refractivity contribution is 6.30. The standard InChI is InChI=1S/C21H21ClN4O/c1-2-15-5-9-18(10-6-15)25-21-24-14-12-19(26-21)20(27)23-13-11-16-3-7-17(22)8-4-16/h3-10,12,14H,2,11,13H2,1H3,(H,23,27)(H,24,25,26). The van der Waals surface area contributed by atoms with Crippen LogP contribution >= 0.6 is 11.6 Å². The topological polar surface area (TPSA) is 66.9 Å². The van der Waals surface area contributed by atoms with Gasteiger partial charge in [-0.2, -0.15) is 0 Å². The smallest absolute Gasteiger partial charge is 0.270 e. The highest BCUT2D eigenvalue weighted by Crippen LogP contribution is 2.14. The van der Waals surface area contributed by atoms with Crippen LogP contribution in [0.5, 0.6) is 0 Å². The monoisotopic (exact) mass is 380 g/mol. The fourth-order valence-electron chi connectivity index (χ4n) is 2.56. The lowest BCUT2D eigenvalue weighted by atomic mass is 10.1. The van der Waals surface area contributed by atoms with Crippen molar-refractivity contribution in [3.63, 3.8) is 0 Å². The highest BCUT2D eigenvalue weighted by Gasteiger charge is 2.08. The molecule has 6 heteroatoms. The molecule has 0 saturated heterocycles. The lowest BCUT2D eigenvalue weighted by Gasteiger charge is -2.08. The predicted octanol–water partition coefficient (Wildman–Crippen LogP) is 4.41. The minimum Gasteiger partial charge on any atom is -0.350 e.